The number of aryl methyl sites for hydroxylation is 1. The number of fused-ring (bicyclic) bond motifs is 1. The van der Waals surface area contributed by atoms with Crippen molar-refractivity contribution >= 4 is 28.1 Å². The second kappa shape index (κ2) is 6.92. The molecule has 0 aliphatic carbocycles. The van der Waals surface area contributed by atoms with E-state index in [0.29, 0.717) is 22.6 Å². The van der Waals surface area contributed by atoms with Crippen molar-refractivity contribution in [2.45, 2.75) is 13.0 Å². The van der Waals surface area contributed by atoms with E-state index >= 15 is 0 Å². The van der Waals surface area contributed by atoms with Crippen LogP contribution in [0.5, 0.6) is 17.2 Å². The van der Waals surface area contributed by atoms with E-state index in [4.69, 9.17) is 9.47 Å². The van der Waals surface area contributed by atoms with E-state index in [1.807, 2.05) is 6.07 Å². The minimum absolute atomic E-state index is 0.111. The molecular weight excluding hydrogens is 376 g/mol. The summed E-state index contributed by atoms with van der Waals surface area (Å²) < 4.78 is 11.9. The maximum atomic E-state index is 12.1. The number of phenolic OH excluding ortho intramolecular Hbond substituents is 1. The van der Waals surface area contributed by atoms with Crippen molar-refractivity contribution in [3.8, 4) is 17.2 Å². The predicted molar refractivity (Wildman–Crippen MR) is 92.6 cm³/mol. The molecule has 0 aromatic heterocycles. The van der Waals surface area contributed by atoms with Gasteiger partial charge in [0.25, 0.3) is 5.91 Å². The van der Waals surface area contributed by atoms with E-state index in [-0.39, 0.29) is 12.4 Å². The Morgan fingerprint density at radius 1 is 1.38 bits per heavy atom. The van der Waals surface area contributed by atoms with Crippen LogP contribution in [-0.2, 0) is 4.79 Å². The number of rotatable bonds is 3. The van der Waals surface area contributed by atoms with E-state index in [9.17, 15) is 9.90 Å². The number of nitrogens with one attached hydrogen (secondary N) is 1. The van der Waals surface area contributed by atoms with Crippen LogP contribution in [0.2, 0.25) is 0 Å². The summed E-state index contributed by atoms with van der Waals surface area (Å²) in [6.07, 6.45) is 0.595. The number of phenols is 1. The van der Waals surface area contributed by atoms with E-state index in [0.717, 1.165) is 4.47 Å². The van der Waals surface area contributed by atoms with Gasteiger partial charge in [0.1, 0.15) is 12.4 Å². The number of para-hydroxylation sites is 2. The van der Waals surface area contributed by atoms with Crippen LogP contribution in [-0.4, -0.2) is 29.9 Å². The van der Waals surface area contributed by atoms with Crippen LogP contribution in [0.15, 0.2) is 46.0 Å². The number of benzene rings is 2. The topological polar surface area (TPSA) is 80.2 Å². The van der Waals surface area contributed by atoms with Crippen LogP contribution >= 0.6 is 15.9 Å². The van der Waals surface area contributed by atoms with Gasteiger partial charge >= 0.3 is 0 Å². The van der Waals surface area contributed by atoms with Gasteiger partial charge in [0.2, 0.25) is 6.10 Å². The highest BCUT2D eigenvalue weighted by atomic mass is 79.9. The van der Waals surface area contributed by atoms with Crippen LogP contribution in [0.3, 0.4) is 0 Å². The molecule has 6 nitrogen and oxygen atoms in total. The number of nitrogens with zero attached hydrogens (tertiary/aromatic N) is 1. The maximum absolute atomic E-state index is 12.1. The second-order valence-corrected chi connectivity index (χ2v) is 6.17. The average Bonchev–Trinajstić information content (AvgIpc) is 2.58. The molecule has 24 heavy (non-hydrogen) atoms. The largest absolute Gasteiger partial charge is 0.507 e. The molecule has 1 amide bonds. The fourth-order valence-corrected chi connectivity index (χ4v) is 2.84. The summed E-state index contributed by atoms with van der Waals surface area (Å²) in [7, 11) is 0. The monoisotopic (exact) mass is 390 g/mol. The molecular formula is C17H15BrN2O4. The maximum Gasteiger partial charge on any atom is 0.284 e. The Kier molecular flexibility index (Phi) is 4.71. The summed E-state index contributed by atoms with van der Waals surface area (Å²) >= 11 is 3.35. The first-order valence-corrected chi connectivity index (χ1v) is 8.04. The van der Waals surface area contributed by atoms with Gasteiger partial charge in [-0.25, -0.2) is 5.43 Å². The normalized spacial score (nSPS) is 16.2. The lowest BCUT2D eigenvalue weighted by molar-refractivity contribution is -0.130. The highest BCUT2D eigenvalue weighted by Crippen LogP contribution is 2.30. The van der Waals surface area contributed by atoms with E-state index in [1.54, 1.807) is 37.3 Å². The van der Waals surface area contributed by atoms with Gasteiger partial charge in [-0.3, -0.25) is 4.79 Å². The van der Waals surface area contributed by atoms with Crippen molar-refractivity contribution in [1.82, 2.24) is 5.43 Å². The van der Waals surface area contributed by atoms with Gasteiger partial charge < -0.3 is 14.6 Å². The van der Waals surface area contributed by atoms with Crippen LogP contribution in [0.1, 0.15) is 11.1 Å². The Balaban J connectivity index is 1.64. The number of hydrogen-bond acceptors (Lipinski definition) is 5. The third kappa shape index (κ3) is 3.51. The molecule has 0 saturated heterocycles. The first kappa shape index (κ1) is 16.3. The molecule has 1 aliphatic heterocycles. The van der Waals surface area contributed by atoms with E-state index in [1.165, 1.54) is 6.21 Å². The Labute approximate surface area is 147 Å². The predicted octanol–water partition coefficient (Wildman–Crippen LogP) is 2.75. The summed E-state index contributed by atoms with van der Waals surface area (Å²) in [5.74, 6) is 0.821. The molecule has 2 N–H and O–H groups in total. The van der Waals surface area contributed by atoms with Crippen LogP contribution in [0.25, 0.3) is 0 Å². The third-order valence-electron chi connectivity index (χ3n) is 3.47. The lowest BCUT2D eigenvalue weighted by atomic mass is 10.1. The zero-order chi connectivity index (χ0) is 17.1. The highest BCUT2D eigenvalue weighted by molar-refractivity contribution is 9.10. The molecule has 2 aromatic carbocycles. The van der Waals surface area contributed by atoms with Crippen LogP contribution in [0, 0.1) is 6.92 Å². The first-order chi connectivity index (χ1) is 11.5. The molecule has 3 rings (SSSR count). The number of amides is 1. The minimum atomic E-state index is -0.783. The standard InChI is InChI=1S/C17H15BrN2O4/c1-10-6-12(18)7-11(16(10)21)8-19-20-17(22)15-9-23-13-4-2-3-5-14(13)24-15/h2-8,15,21H,9H2,1H3,(H,20,22)/b19-8-. The van der Waals surface area contributed by atoms with Crippen LogP contribution in [0.4, 0.5) is 0 Å². The molecule has 2 aromatic rings. The molecule has 1 unspecified atom stereocenters. The van der Waals surface area contributed by atoms with Gasteiger partial charge in [0.15, 0.2) is 11.5 Å². The molecule has 1 aliphatic rings. The van der Waals surface area contributed by atoms with Gasteiger partial charge in [0.05, 0.1) is 6.21 Å². The van der Waals surface area contributed by atoms with Crippen molar-refractivity contribution in [2.75, 3.05) is 6.61 Å². The van der Waals surface area contributed by atoms with Crippen molar-refractivity contribution in [1.29, 1.82) is 0 Å². The smallest absolute Gasteiger partial charge is 0.284 e. The number of aromatic hydroxyl groups is 1. The molecule has 124 valence electrons. The minimum Gasteiger partial charge on any atom is -0.507 e. The van der Waals surface area contributed by atoms with Gasteiger partial charge in [-0.1, -0.05) is 28.1 Å². The lowest BCUT2D eigenvalue weighted by Crippen LogP contribution is -2.42. The lowest BCUT2D eigenvalue weighted by Gasteiger charge is -2.24. The quantitative estimate of drug-likeness (QED) is 0.623. The Morgan fingerprint density at radius 2 is 2.12 bits per heavy atom. The molecule has 1 atom stereocenters. The summed E-state index contributed by atoms with van der Waals surface area (Å²) in [6.45, 7) is 1.89. The number of carbonyl (C=O) groups is 1. The Morgan fingerprint density at radius 3 is 2.92 bits per heavy atom. The number of halogens is 1. The zero-order valence-corrected chi connectivity index (χ0v) is 14.4. The number of hydrazone groups is 1. The molecule has 7 heteroatoms. The molecule has 1 heterocycles. The van der Waals surface area contributed by atoms with Crippen molar-refractivity contribution < 1.29 is 19.4 Å². The average molecular weight is 391 g/mol. The number of carbonyl (C=O) groups excluding carboxylic acids is 1. The number of hydrogen-bond donors (Lipinski definition) is 2. The van der Waals surface area contributed by atoms with Gasteiger partial charge in [-0.2, -0.15) is 5.10 Å². The van der Waals surface area contributed by atoms with Gasteiger partial charge in [0, 0.05) is 10.0 Å². The second-order valence-electron chi connectivity index (χ2n) is 5.26. The van der Waals surface area contributed by atoms with Gasteiger partial charge in [-0.05, 0) is 36.8 Å². The van der Waals surface area contributed by atoms with Crippen LogP contribution < -0.4 is 14.9 Å². The highest BCUT2D eigenvalue weighted by Gasteiger charge is 2.26. The first-order valence-electron chi connectivity index (χ1n) is 7.25. The van der Waals surface area contributed by atoms with Gasteiger partial charge in [-0.15, -0.1) is 0 Å². The van der Waals surface area contributed by atoms with Crippen molar-refractivity contribution in [3.63, 3.8) is 0 Å². The summed E-state index contributed by atoms with van der Waals surface area (Å²) in [6, 6.07) is 10.6. The molecule has 0 spiro atoms. The van der Waals surface area contributed by atoms with E-state index in [2.05, 4.69) is 26.5 Å². The Bertz CT molecular complexity index is 807. The number of ether oxygens (including phenoxy) is 2. The summed E-state index contributed by atoms with van der Waals surface area (Å²) in [5.41, 5.74) is 3.60. The molecule has 0 radical (unpaired) electrons. The van der Waals surface area contributed by atoms with Crippen molar-refractivity contribution in [3.05, 3.63) is 52.0 Å². The van der Waals surface area contributed by atoms with E-state index < -0.39 is 12.0 Å². The third-order valence-corrected chi connectivity index (χ3v) is 3.93. The molecule has 0 bridgehead atoms. The molecule has 0 fully saturated rings. The zero-order valence-electron chi connectivity index (χ0n) is 12.8. The fraction of sp³-hybridized carbons (Fsp3) is 0.176. The SMILES string of the molecule is Cc1cc(Br)cc(/C=N\NC(=O)C2COc3ccccc3O2)c1O. The summed E-state index contributed by atoms with van der Waals surface area (Å²) in [5, 5.41) is 13.9. The fourth-order valence-electron chi connectivity index (χ4n) is 2.25. The van der Waals surface area contributed by atoms with Crippen molar-refractivity contribution in [2.24, 2.45) is 5.10 Å². The summed E-state index contributed by atoms with van der Waals surface area (Å²) in [4.78, 5) is 12.1. The molecule has 0 saturated carbocycles. The Hall–Kier alpha value is -2.54.